The van der Waals surface area contributed by atoms with E-state index in [9.17, 15) is 18.0 Å². The Morgan fingerprint density at radius 1 is 1.25 bits per heavy atom. The largest absolute Gasteiger partial charge is 0.495 e. The maximum Gasteiger partial charge on any atom is 0.328 e. The van der Waals surface area contributed by atoms with Crippen molar-refractivity contribution in [2.45, 2.75) is 23.8 Å². The molecule has 1 aliphatic rings. The van der Waals surface area contributed by atoms with Gasteiger partial charge in [-0.1, -0.05) is 18.2 Å². The fraction of sp³-hybridized carbons (Fsp3) is 0.273. The highest BCUT2D eigenvalue weighted by molar-refractivity contribution is 7.92. The van der Waals surface area contributed by atoms with Crippen molar-refractivity contribution in [3.8, 4) is 5.75 Å². The highest BCUT2D eigenvalue weighted by atomic mass is 32.2. The summed E-state index contributed by atoms with van der Waals surface area (Å²) in [5, 5.41) is 11.6. The maximum atomic E-state index is 13.1. The van der Waals surface area contributed by atoms with Gasteiger partial charge in [0.25, 0.3) is 15.9 Å². The first kappa shape index (κ1) is 23.3. The molecule has 0 spiro atoms. The minimum absolute atomic E-state index is 0.0475. The van der Waals surface area contributed by atoms with Gasteiger partial charge in [0.1, 0.15) is 10.6 Å². The first-order valence-electron chi connectivity index (χ1n) is 9.91. The number of aliphatic carboxylic acids is 1. The zero-order valence-corrected chi connectivity index (χ0v) is 18.2. The summed E-state index contributed by atoms with van der Waals surface area (Å²) in [5.41, 5.74) is 0.622. The van der Waals surface area contributed by atoms with Crippen molar-refractivity contribution in [2.75, 3.05) is 25.0 Å². The van der Waals surface area contributed by atoms with E-state index in [2.05, 4.69) is 10.0 Å². The molecule has 10 heteroatoms. The number of nitrogens with one attached hydrogen (secondary N) is 2. The van der Waals surface area contributed by atoms with Crippen LogP contribution in [0.4, 0.5) is 5.69 Å². The second-order valence-electron chi connectivity index (χ2n) is 7.08. The molecule has 1 saturated heterocycles. The molecule has 3 N–H and O–H groups in total. The molecule has 1 fully saturated rings. The lowest BCUT2D eigenvalue weighted by molar-refractivity contribution is -0.131. The Hall–Kier alpha value is -3.37. The molecule has 1 aliphatic heterocycles. The van der Waals surface area contributed by atoms with E-state index in [0.717, 1.165) is 18.9 Å². The Bertz CT molecular complexity index is 1120. The molecule has 32 heavy (non-hydrogen) atoms. The molecule has 0 aromatic heterocycles. The molecule has 1 atom stereocenters. The van der Waals surface area contributed by atoms with Crippen LogP contribution in [0, 0.1) is 0 Å². The number of sulfonamides is 1. The normalized spacial score (nSPS) is 16.1. The quantitative estimate of drug-likeness (QED) is 0.490. The highest BCUT2D eigenvalue weighted by Crippen LogP contribution is 2.28. The van der Waals surface area contributed by atoms with E-state index in [1.807, 2.05) is 0 Å². The van der Waals surface area contributed by atoms with Crippen LogP contribution in [-0.4, -0.2) is 51.8 Å². The van der Waals surface area contributed by atoms with Gasteiger partial charge in [-0.3, -0.25) is 9.52 Å². The van der Waals surface area contributed by atoms with E-state index in [4.69, 9.17) is 14.6 Å². The Kier molecular flexibility index (Phi) is 7.49. The third-order valence-electron chi connectivity index (χ3n) is 4.83. The molecule has 0 saturated carbocycles. The summed E-state index contributed by atoms with van der Waals surface area (Å²) in [6, 6.07) is 10.5. The number of carboxylic acids is 1. The lowest BCUT2D eigenvalue weighted by Gasteiger charge is -2.16. The van der Waals surface area contributed by atoms with Crippen molar-refractivity contribution in [1.29, 1.82) is 0 Å². The summed E-state index contributed by atoms with van der Waals surface area (Å²) in [6.07, 6.45) is 3.93. The summed E-state index contributed by atoms with van der Waals surface area (Å²) in [4.78, 5) is 23.3. The average Bonchev–Trinajstić information content (AvgIpc) is 3.29. The number of hydrogen-bond donors (Lipinski definition) is 3. The first-order valence-corrected chi connectivity index (χ1v) is 11.4. The second kappa shape index (κ2) is 10.3. The predicted molar refractivity (Wildman–Crippen MR) is 118 cm³/mol. The number of amides is 1. The number of methoxy groups -OCH3 is 1. The molecule has 9 nitrogen and oxygen atoms in total. The monoisotopic (exact) mass is 460 g/mol. The maximum absolute atomic E-state index is 13.1. The molecule has 1 heterocycles. The molecule has 3 rings (SSSR count). The first-order chi connectivity index (χ1) is 15.3. The minimum atomic E-state index is -4.16. The number of hydrogen-bond acceptors (Lipinski definition) is 6. The molecule has 1 amide bonds. The molecule has 170 valence electrons. The SMILES string of the molecule is COc1ccc(C=CC(=O)O)cc1S(=O)(=O)Nc1ccccc1C(=O)NCC1CCCO1. The van der Waals surface area contributed by atoms with Crippen molar-refractivity contribution in [3.63, 3.8) is 0 Å². The van der Waals surface area contributed by atoms with Gasteiger partial charge in [-0.05, 0) is 48.7 Å². The summed E-state index contributed by atoms with van der Waals surface area (Å²) in [7, 11) is -2.84. The number of carboxylic acid groups (broad SMARTS) is 1. The Balaban J connectivity index is 1.86. The van der Waals surface area contributed by atoms with Crippen LogP contribution >= 0.6 is 0 Å². The molecular weight excluding hydrogens is 436 g/mol. The number of anilines is 1. The lowest BCUT2D eigenvalue weighted by Crippen LogP contribution is -2.32. The molecule has 1 unspecified atom stereocenters. The number of para-hydroxylation sites is 1. The van der Waals surface area contributed by atoms with Crippen LogP contribution in [0.25, 0.3) is 6.08 Å². The van der Waals surface area contributed by atoms with Crippen LogP contribution in [0.3, 0.4) is 0 Å². The van der Waals surface area contributed by atoms with E-state index in [0.29, 0.717) is 18.7 Å². The van der Waals surface area contributed by atoms with Crippen LogP contribution in [0.15, 0.2) is 53.4 Å². The fourth-order valence-corrected chi connectivity index (χ4v) is 4.54. The summed E-state index contributed by atoms with van der Waals surface area (Å²) < 4.78 is 39.4. The predicted octanol–water partition coefficient (Wildman–Crippen LogP) is 2.50. The van der Waals surface area contributed by atoms with Gasteiger partial charge >= 0.3 is 5.97 Å². The Morgan fingerprint density at radius 2 is 2.03 bits per heavy atom. The number of rotatable bonds is 9. The van der Waals surface area contributed by atoms with Crippen LogP contribution in [0.1, 0.15) is 28.8 Å². The number of ether oxygens (including phenoxy) is 2. The van der Waals surface area contributed by atoms with Gasteiger partial charge in [-0.2, -0.15) is 0 Å². The van der Waals surface area contributed by atoms with Crippen LogP contribution in [-0.2, 0) is 19.6 Å². The highest BCUT2D eigenvalue weighted by Gasteiger charge is 2.23. The molecule has 2 aromatic rings. The van der Waals surface area contributed by atoms with E-state index in [1.165, 1.54) is 43.5 Å². The van der Waals surface area contributed by atoms with Gasteiger partial charge in [0, 0.05) is 19.2 Å². The topological polar surface area (TPSA) is 131 Å². The van der Waals surface area contributed by atoms with Crippen LogP contribution < -0.4 is 14.8 Å². The van der Waals surface area contributed by atoms with Gasteiger partial charge in [0.2, 0.25) is 0 Å². The Morgan fingerprint density at radius 3 is 2.72 bits per heavy atom. The third-order valence-corrected chi connectivity index (χ3v) is 6.21. The van der Waals surface area contributed by atoms with Crippen molar-refractivity contribution >= 4 is 33.7 Å². The Labute approximate surface area is 186 Å². The standard InChI is InChI=1S/C22H24N2O7S/c1-30-19-10-8-15(9-11-21(25)26)13-20(19)32(28,29)24-18-7-3-2-6-17(18)22(27)23-14-16-5-4-12-31-16/h2-3,6-11,13,16,24H,4-5,12,14H2,1H3,(H,23,27)(H,25,26). The van der Waals surface area contributed by atoms with Gasteiger partial charge in [-0.15, -0.1) is 0 Å². The van der Waals surface area contributed by atoms with Crippen molar-refractivity contribution < 1.29 is 32.6 Å². The van der Waals surface area contributed by atoms with Crippen molar-refractivity contribution in [1.82, 2.24) is 5.32 Å². The fourth-order valence-electron chi connectivity index (χ4n) is 3.25. The smallest absolute Gasteiger partial charge is 0.328 e. The van der Waals surface area contributed by atoms with E-state index >= 15 is 0 Å². The summed E-state index contributed by atoms with van der Waals surface area (Å²) in [6.45, 7) is 1.01. The second-order valence-corrected chi connectivity index (χ2v) is 8.73. The van der Waals surface area contributed by atoms with Gasteiger partial charge in [-0.25, -0.2) is 13.2 Å². The van der Waals surface area contributed by atoms with E-state index in [-0.39, 0.29) is 28.0 Å². The van der Waals surface area contributed by atoms with Gasteiger partial charge in [0.05, 0.1) is 24.5 Å². The number of carbonyl (C=O) groups is 2. The van der Waals surface area contributed by atoms with Crippen LogP contribution in [0.2, 0.25) is 0 Å². The van der Waals surface area contributed by atoms with E-state index < -0.39 is 21.9 Å². The molecule has 2 aromatic carbocycles. The molecule has 0 radical (unpaired) electrons. The summed E-state index contributed by atoms with van der Waals surface area (Å²) >= 11 is 0. The molecule has 0 bridgehead atoms. The number of benzene rings is 2. The van der Waals surface area contributed by atoms with Crippen LogP contribution in [0.5, 0.6) is 5.75 Å². The van der Waals surface area contributed by atoms with E-state index in [1.54, 1.807) is 12.1 Å². The molecular formula is C22H24N2O7S. The lowest BCUT2D eigenvalue weighted by atomic mass is 10.1. The minimum Gasteiger partial charge on any atom is -0.495 e. The number of carbonyl (C=O) groups excluding carboxylic acids is 1. The zero-order valence-electron chi connectivity index (χ0n) is 17.4. The van der Waals surface area contributed by atoms with Crippen molar-refractivity contribution in [3.05, 3.63) is 59.7 Å². The molecule has 0 aliphatic carbocycles. The third kappa shape index (κ3) is 5.86. The van der Waals surface area contributed by atoms with Gasteiger partial charge < -0.3 is 19.9 Å². The zero-order chi connectivity index (χ0) is 23.1. The van der Waals surface area contributed by atoms with Crippen molar-refractivity contribution in [2.24, 2.45) is 0 Å². The summed E-state index contributed by atoms with van der Waals surface area (Å²) in [5.74, 6) is -1.51. The average molecular weight is 461 g/mol. The van der Waals surface area contributed by atoms with Gasteiger partial charge in [0.15, 0.2) is 0 Å².